The van der Waals surface area contributed by atoms with E-state index in [1.165, 1.54) is 11.1 Å². The van der Waals surface area contributed by atoms with Crippen molar-refractivity contribution in [2.24, 2.45) is 0 Å². The molecule has 0 aliphatic carbocycles. The number of hydrogen-bond donors (Lipinski definition) is 1. The van der Waals surface area contributed by atoms with Crippen LogP contribution in [0.4, 0.5) is 0 Å². The number of nitrogens with one attached hydrogen (secondary N) is 1. The second kappa shape index (κ2) is 9.47. The van der Waals surface area contributed by atoms with Gasteiger partial charge in [-0.05, 0) is 33.7 Å². The molecular formula is C14H23N. The molecule has 0 saturated carbocycles. The minimum atomic E-state index is 0.975. The van der Waals surface area contributed by atoms with Gasteiger partial charge in [-0.1, -0.05) is 48.1 Å². The van der Waals surface area contributed by atoms with Gasteiger partial charge in [-0.15, -0.1) is 0 Å². The van der Waals surface area contributed by atoms with E-state index < -0.39 is 0 Å². The van der Waals surface area contributed by atoms with E-state index in [9.17, 15) is 0 Å². The molecule has 0 aliphatic heterocycles. The lowest BCUT2D eigenvalue weighted by molar-refractivity contribution is 0.729. The Morgan fingerprint density at radius 1 is 1.27 bits per heavy atom. The number of allylic oxidation sites excluding steroid dienone is 5. The zero-order valence-electron chi connectivity index (χ0n) is 10.2. The first kappa shape index (κ1) is 13.9. The predicted octanol–water partition coefficient (Wildman–Crippen LogP) is 3.62. The topological polar surface area (TPSA) is 12.0 Å². The van der Waals surface area contributed by atoms with Gasteiger partial charge in [-0.2, -0.15) is 0 Å². The molecule has 0 amide bonds. The first-order valence-corrected chi connectivity index (χ1v) is 5.50. The largest absolute Gasteiger partial charge is 0.313 e. The van der Waals surface area contributed by atoms with Gasteiger partial charge in [0.15, 0.2) is 0 Å². The van der Waals surface area contributed by atoms with Crippen molar-refractivity contribution in [1.29, 1.82) is 0 Å². The van der Waals surface area contributed by atoms with Crippen LogP contribution in [0.3, 0.4) is 0 Å². The van der Waals surface area contributed by atoms with Gasteiger partial charge in [-0.3, -0.25) is 0 Å². The molecule has 0 aromatic heterocycles. The van der Waals surface area contributed by atoms with Crippen molar-refractivity contribution >= 4 is 0 Å². The highest BCUT2D eigenvalue weighted by molar-refractivity contribution is 5.19. The summed E-state index contributed by atoms with van der Waals surface area (Å²) >= 11 is 0. The molecule has 0 fully saturated rings. The van der Waals surface area contributed by atoms with Crippen molar-refractivity contribution in [1.82, 2.24) is 5.32 Å². The SMILES string of the molecule is C=C(/C=C\C=C/C)CCNC/C(C)=C/C. The van der Waals surface area contributed by atoms with Gasteiger partial charge in [0, 0.05) is 6.54 Å². The van der Waals surface area contributed by atoms with Crippen LogP contribution in [0.25, 0.3) is 0 Å². The molecule has 0 radical (unpaired) electrons. The van der Waals surface area contributed by atoms with E-state index in [1.54, 1.807) is 0 Å². The Hall–Kier alpha value is -1.08. The molecule has 15 heavy (non-hydrogen) atoms. The van der Waals surface area contributed by atoms with Crippen LogP contribution >= 0.6 is 0 Å². The molecule has 0 saturated heterocycles. The molecular weight excluding hydrogens is 182 g/mol. The van der Waals surface area contributed by atoms with Crippen LogP contribution in [0, 0.1) is 0 Å². The van der Waals surface area contributed by atoms with Gasteiger partial charge < -0.3 is 5.32 Å². The molecule has 1 nitrogen and oxygen atoms in total. The van der Waals surface area contributed by atoms with Gasteiger partial charge in [0.25, 0.3) is 0 Å². The Labute approximate surface area is 94.3 Å². The molecule has 0 atom stereocenters. The Kier molecular flexibility index (Phi) is 8.79. The lowest BCUT2D eigenvalue weighted by atomic mass is 10.2. The summed E-state index contributed by atoms with van der Waals surface area (Å²) in [4.78, 5) is 0. The smallest absolute Gasteiger partial charge is 0.0161 e. The fraction of sp³-hybridized carbons (Fsp3) is 0.429. The third-order valence-electron chi connectivity index (χ3n) is 2.16. The van der Waals surface area contributed by atoms with Crippen LogP contribution in [0.15, 0.2) is 48.1 Å². The molecule has 0 aromatic carbocycles. The molecule has 0 aliphatic rings. The standard InChI is InChI=1S/C14H23N/c1-5-7-8-9-14(4)10-11-15-12-13(3)6-2/h5-9,15H,4,10-12H2,1-3H3/b7-5-,9-8-,13-6+. The summed E-state index contributed by atoms with van der Waals surface area (Å²) in [5.74, 6) is 0. The second-order valence-electron chi connectivity index (χ2n) is 3.60. The van der Waals surface area contributed by atoms with E-state index in [2.05, 4.69) is 37.9 Å². The first-order chi connectivity index (χ1) is 7.20. The summed E-state index contributed by atoms with van der Waals surface area (Å²) < 4.78 is 0. The summed E-state index contributed by atoms with van der Waals surface area (Å²) in [6.45, 7) is 12.2. The number of rotatable bonds is 7. The lowest BCUT2D eigenvalue weighted by Crippen LogP contribution is -2.17. The molecule has 0 spiro atoms. The van der Waals surface area contributed by atoms with Gasteiger partial charge in [0.2, 0.25) is 0 Å². The molecule has 0 rings (SSSR count). The maximum Gasteiger partial charge on any atom is 0.0161 e. The first-order valence-electron chi connectivity index (χ1n) is 5.50. The van der Waals surface area contributed by atoms with Crippen LogP contribution in [-0.4, -0.2) is 13.1 Å². The third kappa shape index (κ3) is 9.23. The fourth-order valence-electron chi connectivity index (χ4n) is 1.02. The van der Waals surface area contributed by atoms with Gasteiger partial charge >= 0.3 is 0 Å². The van der Waals surface area contributed by atoms with Crippen LogP contribution < -0.4 is 5.32 Å². The monoisotopic (exact) mass is 205 g/mol. The highest BCUT2D eigenvalue weighted by Gasteiger charge is 1.90. The minimum absolute atomic E-state index is 0.975. The van der Waals surface area contributed by atoms with Crippen LogP contribution in [0.2, 0.25) is 0 Å². The zero-order valence-corrected chi connectivity index (χ0v) is 10.2. The van der Waals surface area contributed by atoms with Crippen LogP contribution in [-0.2, 0) is 0 Å². The maximum absolute atomic E-state index is 3.99. The van der Waals surface area contributed by atoms with E-state index in [1.807, 2.05) is 25.2 Å². The summed E-state index contributed by atoms with van der Waals surface area (Å²) in [5, 5.41) is 3.38. The average Bonchev–Trinajstić information content (AvgIpc) is 2.24. The zero-order chi connectivity index (χ0) is 11.5. The average molecular weight is 205 g/mol. The van der Waals surface area contributed by atoms with Crippen molar-refractivity contribution in [2.45, 2.75) is 27.2 Å². The van der Waals surface area contributed by atoms with E-state index in [4.69, 9.17) is 0 Å². The third-order valence-corrected chi connectivity index (χ3v) is 2.16. The van der Waals surface area contributed by atoms with E-state index in [-0.39, 0.29) is 0 Å². The summed E-state index contributed by atoms with van der Waals surface area (Å²) in [6, 6.07) is 0. The van der Waals surface area contributed by atoms with Crippen molar-refractivity contribution < 1.29 is 0 Å². The lowest BCUT2D eigenvalue weighted by Gasteiger charge is -2.04. The minimum Gasteiger partial charge on any atom is -0.313 e. The highest BCUT2D eigenvalue weighted by Crippen LogP contribution is 1.99. The van der Waals surface area contributed by atoms with E-state index in [0.717, 1.165) is 19.5 Å². The molecule has 1 heteroatoms. The van der Waals surface area contributed by atoms with Crippen molar-refractivity contribution in [3.8, 4) is 0 Å². The Balaban J connectivity index is 3.56. The fourth-order valence-corrected chi connectivity index (χ4v) is 1.02. The molecule has 0 aromatic rings. The number of hydrogen-bond acceptors (Lipinski definition) is 1. The Bertz CT molecular complexity index is 257. The van der Waals surface area contributed by atoms with E-state index in [0.29, 0.717) is 0 Å². The van der Waals surface area contributed by atoms with E-state index >= 15 is 0 Å². The van der Waals surface area contributed by atoms with Crippen LogP contribution in [0.5, 0.6) is 0 Å². The molecule has 0 heterocycles. The van der Waals surface area contributed by atoms with Gasteiger partial charge in [0.1, 0.15) is 0 Å². The predicted molar refractivity (Wildman–Crippen MR) is 70.0 cm³/mol. The summed E-state index contributed by atoms with van der Waals surface area (Å²) in [6.07, 6.45) is 11.3. The maximum atomic E-state index is 3.99. The van der Waals surface area contributed by atoms with Gasteiger partial charge in [0.05, 0.1) is 0 Å². The molecule has 0 bridgehead atoms. The van der Waals surface area contributed by atoms with Crippen molar-refractivity contribution in [2.75, 3.05) is 13.1 Å². The normalized spacial score (nSPS) is 12.9. The van der Waals surface area contributed by atoms with Crippen molar-refractivity contribution in [3.63, 3.8) is 0 Å². The Morgan fingerprint density at radius 2 is 2.00 bits per heavy atom. The Morgan fingerprint density at radius 3 is 2.60 bits per heavy atom. The second-order valence-corrected chi connectivity index (χ2v) is 3.60. The summed E-state index contributed by atoms with van der Waals surface area (Å²) in [5.41, 5.74) is 2.55. The highest BCUT2D eigenvalue weighted by atomic mass is 14.8. The molecule has 1 N–H and O–H groups in total. The van der Waals surface area contributed by atoms with Crippen molar-refractivity contribution in [3.05, 3.63) is 48.1 Å². The summed E-state index contributed by atoms with van der Waals surface area (Å²) in [7, 11) is 0. The van der Waals surface area contributed by atoms with Crippen LogP contribution in [0.1, 0.15) is 27.2 Å². The quantitative estimate of drug-likeness (QED) is 0.380. The molecule has 0 unspecified atom stereocenters. The van der Waals surface area contributed by atoms with Gasteiger partial charge in [-0.25, -0.2) is 0 Å². The molecule has 84 valence electrons.